The number of nitrogens with one attached hydrogen (secondary N) is 1. The van der Waals surface area contributed by atoms with Gasteiger partial charge in [0.2, 0.25) is 0 Å². The van der Waals surface area contributed by atoms with Crippen LogP contribution in [0.2, 0.25) is 0 Å². The van der Waals surface area contributed by atoms with Crippen molar-refractivity contribution in [1.82, 2.24) is 5.32 Å². The molecular weight excluding hydrogens is 258 g/mol. The van der Waals surface area contributed by atoms with Gasteiger partial charge < -0.3 is 24.6 Å². The number of ether oxygens (including phenoxy) is 3. The fraction of sp³-hybridized carbons (Fsp3) is 0.600. The van der Waals surface area contributed by atoms with E-state index in [1.54, 1.807) is 14.2 Å². The van der Waals surface area contributed by atoms with Gasteiger partial charge in [0, 0.05) is 27.3 Å². The van der Waals surface area contributed by atoms with Gasteiger partial charge in [-0.15, -0.1) is 0 Å². The Kier molecular flexibility index (Phi) is 9.19. The Morgan fingerprint density at radius 2 is 1.85 bits per heavy atom. The Morgan fingerprint density at radius 1 is 1.10 bits per heavy atom. The van der Waals surface area contributed by atoms with Crippen LogP contribution in [0.25, 0.3) is 0 Å². The highest BCUT2D eigenvalue weighted by Gasteiger charge is 2.08. The standard InChI is InChI=1S/C15H25NO4/c1-18-12-15(19-2)9-16-8-14(17)11-20-10-13-6-4-3-5-7-13/h3-7,14-17H,8-12H2,1-2H3. The molecule has 2 N–H and O–H groups in total. The molecule has 0 aliphatic rings. The number of benzene rings is 1. The fourth-order valence-electron chi connectivity index (χ4n) is 1.75. The lowest BCUT2D eigenvalue weighted by Gasteiger charge is -2.17. The van der Waals surface area contributed by atoms with Crippen LogP contribution in [0.5, 0.6) is 0 Å². The van der Waals surface area contributed by atoms with E-state index in [0.717, 1.165) is 5.56 Å². The van der Waals surface area contributed by atoms with Crippen LogP contribution in [-0.2, 0) is 20.8 Å². The Bertz CT molecular complexity index is 334. The van der Waals surface area contributed by atoms with Crippen LogP contribution in [-0.4, -0.2) is 57.8 Å². The predicted octanol–water partition coefficient (Wildman–Crippen LogP) is 0.815. The summed E-state index contributed by atoms with van der Waals surface area (Å²) in [6, 6.07) is 9.90. The van der Waals surface area contributed by atoms with Gasteiger partial charge in [-0.05, 0) is 5.56 Å². The molecule has 5 nitrogen and oxygen atoms in total. The predicted molar refractivity (Wildman–Crippen MR) is 77.6 cm³/mol. The van der Waals surface area contributed by atoms with Crippen LogP contribution in [0.3, 0.4) is 0 Å². The van der Waals surface area contributed by atoms with Gasteiger partial charge in [0.05, 0.1) is 32.0 Å². The van der Waals surface area contributed by atoms with E-state index >= 15 is 0 Å². The topological polar surface area (TPSA) is 60.0 Å². The third-order valence-electron chi connectivity index (χ3n) is 2.86. The summed E-state index contributed by atoms with van der Waals surface area (Å²) in [5.41, 5.74) is 1.10. The summed E-state index contributed by atoms with van der Waals surface area (Å²) >= 11 is 0. The zero-order chi connectivity index (χ0) is 14.6. The number of hydrogen-bond acceptors (Lipinski definition) is 5. The van der Waals surface area contributed by atoms with Gasteiger partial charge in [-0.2, -0.15) is 0 Å². The van der Waals surface area contributed by atoms with Crippen molar-refractivity contribution in [3.05, 3.63) is 35.9 Å². The van der Waals surface area contributed by atoms with E-state index in [-0.39, 0.29) is 6.10 Å². The van der Waals surface area contributed by atoms with Crippen molar-refractivity contribution in [2.75, 3.05) is 40.5 Å². The highest BCUT2D eigenvalue weighted by Crippen LogP contribution is 2.00. The normalized spacial score (nSPS) is 14.2. The van der Waals surface area contributed by atoms with Crippen molar-refractivity contribution in [3.63, 3.8) is 0 Å². The number of hydrogen-bond donors (Lipinski definition) is 2. The van der Waals surface area contributed by atoms with E-state index in [0.29, 0.717) is 32.9 Å². The highest BCUT2D eigenvalue weighted by molar-refractivity contribution is 5.13. The molecule has 0 radical (unpaired) electrons. The molecule has 0 aliphatic carbocycles. The molecule has 1 rings (SSSR count). The molecule has 2 unspecified atom stereocenters. The summed E-state index contributed by atoms with van der Waals surface area (Å²) in [5.74, 6) is 0. The smallest absolute Gasteiger partial charge is 0.0928 e. The minimum Gasteiger partial charge on any atom is -0.389 e. The van der Waals surface area contributed by atoms with Crippen molar-refractivity contribution in [2.45, 2.75) is 18.8 Å². The second-order valence-corrected chi connectivity index (χ2v) is 4.63. The van der Waals surface area contributed by atoms with Crippen LogP contribution >= 0.6 is 0 Å². The van der Waals surface area contributed by atoms with Gasteiger partial charge >= 0.3 is 0 Å². The molecule has 0 saturated carbocycles. The molecule has 1 aromatic rings. The van der Waals surface area contributed by atoms with Crippen LogP contribution < -0.4 is 5.32 Å². The molecular formula is C15H25NO4. The quantitative estimate of drug-likeness (QED) is 0.629. The molecule has 0 aliphatic heterocycles. The highest BCUT2D eigenvalue weighted by atomic mass is 16.5. The van der Waals surface area contributed by atoms with Crippen molar-refractivity contribution < 1.29 is 19.3 Å². The first-order chi connectivity index (χ1) is 9.76. The lowest BCUT2D eigenvalue weighted by molar-refractivity contribution is 0.0150. The zero-order valence-corrected chi connectivity index (χ0v) is 12.2. The van der Waals surface area contributed by atoms with Gasteiger partial charge in [-0.25, -0.2) is 0 Å². The number of rotatable bonds is 11. The Hall–Kier alpha value is -0.980. The molecule has 0 spiro atoms. The molecule has 0 amide bonds. The van der Waals surface area contributed by atoms with Crippen LogP contribution in [0.1, 0.15) is 5.56 Å². The molecule has 20 heavy (non-hydrogen) atoms. The van der Waals surface area contributed by atoms with Gasteiger partial charge in [0.15, 0.2) is 0 Å². The lowest BCUT2D eigenvalue weighted by atomic mass is 10.2. The summed E-state index contributed by atoms with van der Waals surface area (Å²) in [6.07, 6.45) is -0.531. The summed E-state index contributed by atoms with van der Waals surface area (Å²) < 4.78 is 15.7. The Balaban J connectivity index is 2.07. The van der Waals surface area contributed by atoms with Crippen LogP contribution in [0.15, 0.2) is 30.3 Å². The summed E-state index contributed by atoms with van der Waals surface area (Å²) in [5, 5.41) is 12.9. The molecule has 1 aromatic carbocycles. The molecule has 0 bridgehead atoms. The first-order valence-electron chi connectivity index (χ1n) is 6.78. The molecule has 0 saturated heterocycles. The number of methoxy groups -OCH3 is 2. The molecule has 114 valence electrons. The average molecular weight is 283 g/mol. The van der Waals surface area contributed by atoms with E-state index in [2.05, 4.69) is 5.32 Å². The maximum absolute atomic E-state index is 9.78. The van der Waals surface area contributed by atoms with E-state index in [9.17, 15) is 5.11 Å². The molecule has 0 aromatic heterocycles. The summed E-state index contributed by atoms with van der Waals surface area (Å²) in [6.45, 7) is 2.47. The van der Waals surface area contributed by atoms with Crippen molar-refractivity contribution in [3.8, 4) is 0 Å². The summed E-state index contributed by atoms with van der Waals surface area (Å²) in [7, 11) is 3.28. The minimum atomic E-state index is -0.529. The van der Waals surface area contributed by atoms with Crippen molar-refractivity contribution in [2.24, 2.45) is 0 Å². The minimum absolute atomic E-state index is 0.00237. The average Bonchev–Trinajstić information content (AvgIpc) is 2.47. The van der Waals surface area contributed by atoms with Crippen LogP contribution in [0.4, 0.5) is 0 Å². The maximum atomic E-state index is 9.78. The fourth-order valence-corrected chi connectivity index (χ4v) is 1.75. The molecule has 2 atom stereocenters. The third-order valence-corrected chi connectivity index (χ3v) is 2.86. The van der Waals surface area contributed by atoms with E-state index < -0.39 is 6.10 Å². The van der Waals surface area contributed by atoms with Gasteiger partial charge in [0.25, 0.3) is 0 Å². The Labute approximate surface area is 120 Å². The molecule has 0 heterocycles. The molecule has 5 heteroatoms. The second-order valence-electron chi connectivity index (χ2n) is 4.63. The van der Waals surface area contributed by atoms with Crippen LogP contribution in [0, 0.1) is 0 Å². The van der Waals surface area contributed by atoms with Crippen molar-refractivity contribution >= 4 is 0 Å². The first-order valence-corrected chi connectivity index (χ1v) is 6.78. The SMILES string of the molecule is COCC(CNCC(O)COCc1ccccc1)OC. The first kappa shape index (κ1) is 17.1. The zero-order valence-electron chi connectivity index (χ0n) is 12.2. The number of aliphatic hydroxyl groups is 1. The lowest BCUT2D eigenvalue weighted by Crippen LogP contribution is -2.37. The second kappa shape index (κ2) is 10.8. The maximum Gasteiger partial charge on any atom is 0.0928 e. The van der Waals surface area contributed by atoms with Gasteiger partial charge in [0.1, 0.15) is 0 Å². The third kappa shape index (κ3) is 7.57. The van der Waals surface area contributed by atoms with E-state index in [1.807, 2.05) is 30.3 Å². The Morgan fingerprint density at radius 3 is 2.50 bits per heavy atom. The van der Waals surface area contributed by atoms with E-state index in [4.69, 9.17) is 14.2 Å². The van der Waals surface area contributed by atoms with E-state index in [1.165, 1.54) is 0 Å². The number of aliphatic hydroxyl groups excluding tert-OH is 1. The van der Waals surface area contributed by atoms with Gasteiger partial charge in [-0.3, -0.25) is 0 Å². The van der Waals surface area contributed by atoms with Gasteiger partial charge in [-0.1, -0.05) is 30.3 Å². The monoisotopic (exact) mass is 283 g/mol. The van der Waals surface area contributed by atoms with Crippen molar-refractivity contribution in [1.29, 1.82) is 0 Å². The summed E-state index contributed by atoms with van der Waals surface area (Å²) in [4.78, 5) is 0. The largest absolute Gasteiger partial charge is 0.389 e. The molecule has 0 fully saturated rings.